The highest BCUT2D eigenvalue weighted by Crippen LogP contribution is 2.17. The van der Waals surface area contributed by atoms with E-state index in [1.165, 1.54) is 13.3 Å². The van der Waals surface area contributed by atoms with Gasteiger partial charge in [0.2, 0.25) is 0 Å². The molecule has 1 saturated carbocycles. The number of carbonyl (C=O) groups excluding carboxylic acids is 3. The number of benzene rings is 1. The predicted octanol–water partition coefficient (Wildman–Crippen LogP) is 2.70. The maximum atomic E-state index is 12.0. The first-order valence-electron chi connectivity index (χ1n) is 8.34. The molecule has 130 valence electrons. The predicted molar refractivity (Wildman–Crippen MR) is 89.6 cm³/mol. The number of nitrogens with one attached hydrogen (secondary N) is 2. The van der Waals surface area contributed by atoms with Gasteiger partial charge in [0.25, 0.3) is 5.91 Å². The third-order valence-corrected chi connectivity index (χ3v) is 4.12. The van der Waals surface area contributed by atoms with Crippen molar-refractivity contribution >= 4 is 17.9 Å². The van der Waals surface area contributed by atoms with E-state index in [9.17, 15) is 14.4 Å². The molecule has 0 aromatic heterocycles. The van der Waals surface area contributed by atoms with E-state index in [2.05, 4.69) is 10.6 Å². The molecule has 0 unspecified atom stereocenters. The minimum absolute atomic E-state index is 0.108. The molecule has 6 nitrogen and oxygen atoms in total. The Balaban J connectivity index is 1.79. The van der Waals surface area contributed by atoms with Crippen LogP contribution >= 0.6 is 0 Å². The van der Waals surface area contributed by atoms with Gasteiger partial charge in [-0.1, -0.05) is 37.0 Å². The molecule has 3 amide bonds. The van der Waals surface area contributed by atoms with Gasteiger partial charge in [-0.25, -0.2) is 9.59 Å². The summed E-state index contributed by atoms with van der Waals surface area (Å²) >= 11 is 0. The average Bonchev–Trinajstić information content (AvgIpc) is 2.56. The monoisotopic (exact) mass is 332 g/mol. The SMILES string of the molecule is Cc1ccc(C(=O)O[C@H](C)C(=O)NC(=O)NC2CCCCC2)cc1. The molecule has 0 aliphatic heterocycles. The van der Waals surface area contributed by atoms with E-state index < -0.39 is 24.0 Å². The number of esters is 1. The molecule has 2 rings (SSSR count). The molecular formula is C18H24N2O4. The topological polar surface area (TPSA) is 84.5 Å². The zero-order valence-corrected chi connectivity index (χ0v) is 14.1. The highest BCUT2D eigenvalue weighted by Gasteiger charge is 2.22. The van der Waals surface area contributed by atoms with Gasteiger partial charge in [0, 0.05) is 6.04 Å². The van der Waals surface area contributed by atoms with E-state index in [1.807, 2.05) is 6.92 Å². The molecule has 24 heavy (non-hydrogen) atoms. The third-order valence-electron chi connectivity index (χ3n) is 4.12. The molecule has 1 atom stereocenters. The maximum absolute atomic E-state index is 12.0. The molecular weight excluding hydrogens is 308 g/mol. The van der Waals surface area contributed by atoms with Crippen molar-refractivity contribution in [3.63, 3.8) is 0 Å². The molecule has 0 spiro atoms. The van der Waals surface area contributed by atoms with Crippen molar-refractivity contribution in [1.29, 1.82) is 0 Å². The quantitative estimate of drug-likeness (QED) is 0.830. The normalized spacial score (nSPS) is 16.1. The molecule has 1 aliphatic rings. The van der Waals surface area contributed by atoms with Crippen LogP contribution in [0.5, 0.6) is 0 Å². The zero-order chi connectivity index (χ0) is 17.5. The lowest BCUT2D eigenvalue weighted by Gasteiger charge is -2.23. The number of imide groups is 1. The Morgan fingerprint density at radius 1 is 1.08 bits per heavy atom. The first-order chi connectivity index (χ1) is 11.5. The fraction of sp³-hybridized carbons (Fsp3) is 0.500. The second kappa shape index (κ2) is 8.47. The van der Waals surface area contributed by atoms with Crippen molar-refractivity contribution in [3.05, 3.63) is 35.4 Å². The average molecular weight is 332 g/mol. The van der Waals surface area contributed by atoms with E-state index in [0.29, 0.717) is 5.56 Å². The van der Waals surface area contributed by atoms with Gasteiger partial charge >= 0.3 is 12.0 Å². The summed E-state index contributed by atoms with van der Waals surface area (Å²) in [6.45, 7) is 3.35. The number of amides is 3. The number of ether oxygens (including phenoxy) is 1. The van der Waals surface area contributed by atoms with Crippen LogP contribution < -0.4 is 10.6 Å². The molecule has 1 fully saturated rings. The van der Waals surface area contributed by atoms with Gasteiger partial charge in [0.15, 0.2) is 6.10 Å². The molecule has 1 aliphatic carbocycles. The highest BCUT2D eigenvalue weighted by atomic mass is 16.5. The van der Waals surface area contributed by atoms with Crippen LogP contribution in [0, 0.1) is 6.92 Å². The Kier molecular flexibility index (Phi) is 6.35. The molecule has 6 heteroatoms. The lowest BCUT2D eigenvalue weighted by Crippen LogP contribution is -2.48. The van der Waals surface area contributed by atoms with Gasteiger partial charge in [-0.05, 0) is 38.8 Å². The molecule has 2 N–H and O–H groups in total. The Morgan fingerprint density at radius 3 is 2.33 bits per heavy atom. The fourth-order valence-electron chi connectivity index (χ4n) is 2.65. The summed E-state index contributed by atoms with van der Waals surface area (Å²) in [5, 5.41) is 5.01. The van der Waals surface area contributed by atoms with Gasteiger partial charge in [-0.3, -0.25) is 10.1 Å². The smallest absolute Gasteiger partial charge is 0.338 e. The minimum Gasteiger partial charge on any atom is -0.449 e. The van der Waals surface area contributed by atoms with Crippen LogP contribution in [0.15, 0.2) is 24.3 Å². The molecule has 0 saturated heterocycles. The van der Waals surface area contributed by atoms with Crippen LogP contribution in [0.1, 0.15) is 54.9 Å². The molecule has 1 aromatic rings. The maximum Gasteiger partial charge on any atom is 0.338 e. The van der Waals surface area contributed by atoms with Crippen molar-refractivity contribution < 1.29 is 19.1 Å². The van der Waals surface area contributed by atoms with Crippen LogP contribution in [0.3, 0.4) is 0 Å². The minimum atomic E-state index is -1.05. The van der Waals surface area contributed by atoms with Gasteiger partial charge in [-0.2, -0.15) is 0 Å². The summed E-state index contributed by atoms with van der Waals surface area (Å²) in [5.74, 6) is -1.23. The van der Waals surface area contributed by atoms with Crippen molar-refractivity contribution in [2.75, 3.05) is 0 Å². The number of rotatable bonds is 4. The summed E-state index contributed by atoms with van der Waals surface area (Å²) in [6.07, 6.45) is 4.17. The van der Waals surface area contributed by atoms with E-state index in [1.54, 1.807) is 24.3 Å². The van der Waals surface area contributed by atoms with E-state index in [0.717, 1.165) is 31.2 Å². The Hall–Kier alpha value is -2.37. The van der Waals surface area contributed by atoms with Gasteiger partial charge in [0.1, 0.15) is 0 Å². The molecule has 0 bridgehead atoms. The number of carbonyl (C=O) groups is 3. The third kappa shape index (κ3) is 5.37. The molecule has 0 heterocycles. The Morgan fingerprint density at radius 2 is 1.71 bits per heavy atom. The molecule has 0 radical (unpaired) electrons. The van der Waals surface area contributed by atoms with Crippen molar-refractivity contribution in [2.24, 2.45) is 0 Å². The zero-order valence-electron chi connectivity index (χ0n) is 14.1. The second-order valence-electron chi connectivity index (χ2n) is 6.21. The lowest BCUT2D eigenvalue weighted by molar-refractivity contribution is -0.127. The summed E-state index contributed by atoms with van der Waals surface area (Å²) < 4.78 is 5.10. The van der Waals surface area contributed by atoms with E-state index in [4.69, 9.17) is 4.74 Å². The number of urea groups is 1. The first kappa shape index (κ1) is 18.0. The summed E-state index contributed by atoms with van der Waals surface area (Å²) in [6, 6.07) is 6.43. The van der Waals surface area contributed by atoms with Crippen LogP contribution in [-0.4, -0.2) is 30.1 Å². The summed E-state index contributed by atoms with van der Waals surface area (Å²) in [4.78, 5) is 35.8. The fourth-order valence-corrected chi connectivity index (χ4v) is 2.65. The van der Waals surface area contributed by atoms with Crippen LogP contribution in [0.2, 0.25) is 0 Å². The second-order valence-corrected chi connectivity index (χ2v) is 6.21. The summed E-state index contributed by atoms with van der Waals surface area (Å²) in [7, 11) is 0. The van der Waals surface area contributed by atoms with Crippen molar-refractivity contribution in [3.8, 4) is 0 Å². The number of aryl methyl sites for hydroxylation is 1. The lowest BCUT2D eigenvalue weighted by atomic mass is 9.96. The van der Waals surface area contributed by atoms with Crippen LogP contribution in [0.4, 0.5) is 4.79 Å². The summed E-state index contributed by atoms with van der Waals surface area (Å²) in [5.41, 5.74) is 1.39. The number of hydrogen-bond acceptors (Lipinski definition) is 4. The van der Waals surface area contributed by atoms with Gasteiger partial charge < -0.3 is 10.1 Å². The van der Waals surface area contributed by atoms with Crippen LogP contribution in [0.25, 0.3) is 0 Å². The van der Waals surface area contributed by atoms with Crippen molar-refractivity contribution in [1.82, 2.24) is 10.6 Å². The largest absolute Gasteiger partial charge is 0.449 e. The standard InChI is InChI=1S/C18H24N2O4/c1-12-8-10-14(11-9-12)17(22)24-13(2)16(21)20-18(23)19-15-6-4-3-5-7-15/h8-11,13,15H,3-7H2,1-2H3,(H2,19,20,21,23)/t13-/m1/s1. The number of hydrogen-bond donors (Lipinski definition) is 2. The van der Waals surface area contributed by atoms with Crippen LogP contribution in [-0.2, 0) is 9.53 Å². The highest BCUT2D eigenvalue weighted by molar-refractivity contribution is 5.98. The Bertz CT molecular complexity index is 592. The first-order valence-corrected chi connectivity index (χ1v) is 8.34. The van der Waals surface area contributed by atoms with Gasteiger partial charge in [-0.15, -0.1) is 0 Å². The van der Waals surface area contributed by atoms with E-state index in [-0.39, 0.29) is 6.04 Å². The van der Waals surface area contributed by atoms with Gasteiger partial charge in [0.05, 0.1) is 5.56 Å². The Labute approximate surface area is 142 Å². The van der Waals surface area contributed by atoms with E-state index >= 15 is 0 Å². The van der Waals surface area contributed by atoms with Crippen molar-refractivity contribution in [2.45, 2.75) is 58.1 Å². The molecule has 1 aromatic carbocycles.